The van der Waals surface area contributed by atoms with Gasteiger partial charge in [-0.25, -0.2) is 0 Å². The van der Waals surface area contributed by atoms with Gasteiger partial charge in [0.15, 0.2) is 0 Å². The smallest absolute Gasteiger partial charge is 0.227 e. The van der Waals surface area contributed by atoms with E-state index in [4.69, 9.17) is 4.52 Å². The molecule has 31 heavy (non-hydrogen) atoms. The second-order valence-corrected chi connectivity index (χ2v) is 8.94. The maximum Gasteiger partial charge on any atom is 0.227 e. The third-order valence-corrected chi connectivity index (χ3v) is 6.71. The van der Waals surface area contributed by atoms with Gasteiger partial charge < -0.3 is 14.7 Å². The first kappa shape index (κ1) is 21.2. The lowest BCUT2D eigenvalue weighted by Gasteiger charge is -2.30. The summed E-state index contributed by atoms with van der Waals surface area (Å²) in [5.41, 5.74) is 5.87. The van der Waals surface area contributed by atoms with Gasteiger partial charge in [-0.1, -0.05) is 11.2 Å². The normalized spacial score (nSPS) is 13.2. The fourth-order valence-electron chi connectivity index (χ4n) is 4.01. The van der Waals surface area contributed by atoms with E-state index in [2.05, 4.69) is 15.5 Å². The third-order valence-electron chi connectivity index (χ3n) is 5.83. The zero-order valence-corrected chi connectivity index (χ0v) is 18.8. The Balaban J connectivity index is 1.43. The molecule has 0 fully saturated rings. The lowest BCUT2D eigenvalue weighted by molar-refractivity contribution is -0.131. The summed E-state index contributed by atoms with van der Waals surface area (Å²) in [6.07, 6.45) is 3.30. The van der Waals surface area contributed by atoms with Gasteiger partial charge in [-0.2, -0.15) is 0 Å². The topological polar surface area (TPSA) is 88.3 Å². The molecule has 1 aliphatic heterocycles. The molecule has 0 atom stereocenters. The number of hydrogen-bond donors (Lipinski definition) is 1. The molecule has 8 heteroatoms. The van der Waals surface area contributed by atoms with Crippen molar-refractivity contribution in [3.05, 3.63) is 68.0 Å². The molecule has 1 N–H and O–H groups in total. The van der Waals surface area contributed by atoms with Gasteiger partial charge in [0, 0.05) is 42.0 Å². The van der Waals surface area contributed by atoms with Gasteiger partial charge in [0.25, 0.3) is 0 Å². The molecule has 0 radical (unpaired) electrons. The number of carbonyl (C=O) groups is 2. The molecule has 0 saturated carbocycles. The minimum atomic E-state index is 0.00604. The Bertz CT molecular complexity index is 1080. The number of carbonyl (C=O) groups excluding carboxylic acids is 2. The Labute approximate surface area is 185 Å². The molecule has 3 aromatic heterocycles. The van der Waals surface area contributed by atoms with Crippen molar-refractivity contribution in [2.75, 3.05) is 6.54 Å². The average Bonchev–Trinajstić information content (AvgIpc) is 3.37. The van der Waals surface area contributed by atoms with Crippen molar-refractivity contribution in [2.24, 2.45) is 0 Å². The van der Waals surface area contributed by atoms with Crippen LogP contribution in [0.3, 0.4) is 0 Å². The van der Waals surface area contributed by atoms with E-state index in [0.717, 1.165) is 39.4 Å². The first-order valence-electron chi connectivity index (χ1n) is 10.4. The summed E-state index contributed by atoms with van der Waals surface area (Å²) in [5.74, 6) is 0.763. The van der Waals surface area contributed by atoms with E-state index < -0.39 is 0 Å². The van der Waals surface area contributed by atoms with E-state index >= 15 is 0 Å². The zero-order valence-electron chi connectivity index (χ0n) is 18.0. The van der Waals surface area contributed by atoms with Gasteiger partial charge in [0.2, 0.25) is 11.8 Å². The van der Waals surface area contributed by atoms with Crippen LogP contribution in [0.25, 0.3) is 0 Å². The predicted octanol–water partition coefficient (Wildman–Crippen LogP) is 3.04. The molecule has 162 valence electrons. The van der Waals surface area contributed by atoms with Crippen molar-refractivity contribution in [3.8, 4) is 0 Å². The fourth-order valence-corrected chi connectivity index (χ4v) is 4.71. The van der Waals surface area contributed by atoms with Crippen LogP contribution in [0.5, 0.6) is 0 Å². The maximum atomic E-state index is 12.9. The highest BCUT2D eigenvalue weighted by Crippen LogP contribution is 2.25. The van der Waals surface area contributed by atoms with E-state index in [1.807, 2.05) is 49.4 Å². The molecule has 0 saturated heterocycles. The lowest BCUT2D eigenvalue weighted by Crippen LogP contribution is -2.38. The quantitative estimate of drug-likeness (QED) is 0.639. The van der Waals surface area contributed by atoms with Crippen LogP contribution in [0.15, 0.2) is 28.2 Å². The molecule has 4 rings (SSSR count). The minimum Gasteiger partial charge on any atom is -0.361 e. The fraction of sp³-hybridized carbons (Fsp3) is 0.391. The summed E-state index contributed by atoms with van der Waals surface area (Å²) in [6.45, 7) is 7.29. The molecule has 0 unspecified atom stereocenters. The monoisotopic (exact) mass is 438 g/mol. The summed E-state index contributed by atoms with van der Waals surface area (Å²) >= 11 is 1.58. The SMILES string of the molecule is Cc1noc(C)c1CC(=O)N1CCc2c(cnc(C)c2CNC(=O)Cc2cccs2)C1. The molecular formula is C23H26N4O3S. The number of nitrogens with one attached hydrogen (secondary N) is 1. The number of thiophene rings is 1. The standard InChI is InChI=1S/C23H26N4O3S/c1-14-21(12-25-22(28)9-18-5-4-8-31-18)19-6-7-27(13-17(19)11-24-14)23(29)10-20-15(2)26-30-16(20)3/h4-5,8,11H,6-7,9-10,12-13H2,1-3H3,(H,25,28). The van der Waals surface area contributed by atoms with Crippen molar-refractivity contribution in [1.82, 2.24) is 20.4 Å². The Morgan fingerprint density at radius 1 is 1.19 bits per heavy atom. The number of amides is 2. The highest BCUT2D eigenvalue weighted by atomic mass is 32.1. The lowest BCUT2D eigenvalue weighted by atomic mass is 9.94. The van der Waals surface area contributed by atoms with E-state index in [1.54, 1.807) is 11.3 Å². The van der Waals surface area contributed by atoms with Gasteiger partial charge in [0.1, 0.15) is 5.76 Å². The maximum absolute atomic E-state index is 12.9. The number of hydrogen-bond acceptors (Lipinski definition) is 6. The van der Waals surface area contributed by atoms with Crippen molar-refractivity contribution in [2.45, 2.75) is 53.1 Å². The van der Waals surface area contributed by atoms with Crippen LogP contribution in [-0.4, -0.2) is 33.4 Å². The van der Waals surface area contributed by atoms with E-state index in [1.165, 1.54) is 5.56 Å². The van der Waals surface area contributed by atoms with Crippen LogP contribution in [0.4, 0.5) is 0 Å². The van der Waals surface area contributed by atoms with Crippen LogP contribution < -0.4 is 5.32 Å². The number of pyridine rings is 1. The Kier molecular flexibility index (Phi) is 6.18. The van der Waals surface area contributed by atoms with Crippen molar-refractivity contribution >= 4 is 23.2 Å². The minimum absolute atomic E-state index is 0.00604. The summed E-state index contributed by atoms with van der Waals surface area (Å²) in [7, 11) is 0. The average molecular weight is 439 g/mol. The molecule has 0 spiro atoms. The van der Waals surface area contributed by atoms with Gasteiger partial charge >= 0.3 is 0 Å². The number of fused-ring (bicyclic) bond motifs is 1. The van der Waals surface area contributed by atoms with Crippen molar-refractivity contribution in [3.63, 3.8) is 0 Å². The van der Waals surface area contributed by atoms with Crippen LogP contribution in [0, 0.1) is 20.8 Å². The summed E-state index contributed by atoms with van der Waals surface area (Å²) < 4.78 is 5.18. The Hall–Kier alpha value is -3.00. The molecule has 0 bridgehead atoms. The van der Waals surface area contributed by atoms with Gasteiger partial charge in [-0.15, -0.1) is 11.3 Å². The molecule has 0 aromatic carbocycles. The number of rotatable bonds is 6. The van der Waals surface area contributed by atoms with Crippen LogP contribution in [0.2, 0.25) is 0 Å². The molecule has 2 amide bonds. The van der Waals surface area contributed by atoms with Gasteiger partial charge in [-0.3, -0.25) is 14.6 Å². The molecule has 3 aromatic rings. The molecular weight excluding hydrogens is 412 g/mol. The molecule has 0 aliphatic carbocycles. The van der Waals surface area contributed by atoms with E-state index in [0.29, 0.717) is 38.2 Å². The second kappa shape index (κ2) is 9.01. The Morgan fingerprint density at radius 3 is 2.74 bits per heavy atom. The highest BCUT2D eigenvalue weighted by molar-refractivity contribution is 7.10. The summed E-state index contributed by atoms with van der Waals surface area (Å²) in [5, 5.41) is 8.95. The number of nitrogens with zero attached hydrogens (tertiary/aromatic N) is 3. The first-order valence-corrected chi connectivity index (χ1v) is 11.2. The third kappa shape index (κ3) is 4.69. The second-order valence-electron chi connectivity index (χ2n) is 7.90. The Morgan fingerprint density at radius 2 is 2.03 bits per heavy atom. The largest absolute Gasteiger partial charge is 0.361 e. The zero-order chi connectivity index (χ0) is 22.0. The molecule has 4 heterocycles. The van der Waals surface area contributed by atoms with E-state index in [-0.39, 0.29) is 11.8 Å². The van der Waals surface area contributed by atoms with Crippen LogP contribution >= 0.6 is 11.3 Å². The summed E-state index contributed by atoms with van der Waals surface area (Å²) in [4.78, 5) is 32.6. The predicted molar refractivity (Wildman–Crippen MR) is 118 cm³/mol. The number of aryl methyl sites for hydroxylation is 3. The summed E-state index contributed by atoms with van der Waals surface area (Å²) in [6, 6.07) is 3.92. The van der Waals surface area contributed by atoms with Gasteiger partial charge in [0.05, 0.1) is 18.5 Å². The number of aromatic nitrogens is 2. The van der Waals surface area contributed by atoms with Crippen molar-refractivity contribution in [1.29, 1.82) is 0 Å². The van der Waals surface area contributed by atoms with Gasteiger partial charge in [-0.05, 0) is 55.3 Å². The van der Waals surface area contributed by atoms with Crippen molar-refractivity contribution < 1.29 is 14.1 Å². The first-order chi connectivity index (χ1) is 14.9. The molecule has 1 aliphatic rings. The highest BCUT2D eigenvalue weighted by Gasteiger charge is 2.25. The van der Waals surface area contributed by atoms with Crippen LogP contribution in [-0.2, 0) is 41.9 Å². The molecule has 7 nitrogen and oxygen atoms in total. The van der Waals surface area contributed by atoms with Crippen LogP contribution in [0.1, 0.15) is 44.3 Å². The van der Waals surface area contributed by atoms with E-state index in [9.17, 15) is 9.59 Å².